The maximum Gasteiger partial charge on any atom is 0.252 e. The Morgan fingerprint density at radius 3 is 3.00 bits per heavy atom. The highest BCUT2D eigenvalue weighted by molar-refractivity contribution is 9.10. The summed E-state index contributed by atoms with van der Waals surface area (Å²) in [5, 5.41) is 6.42. The number of piperidine rings is 1. The lowest BCUT2D eigenvalue weighted by atomic mass is 10.0. The Kier molecular flexibility index (Phi) is 4.78. The zero-order valence-corrected chi connectivity index (χ0v) is 12.2. The van der Waals surface area contributed by atoms with E-state index in [4.69, 9.17) is 0 Å². The van der Waals surface area contributed by atoms with Crippen molar-refractivity contribution < 1.29 is 4.79 Å². The number of amides is 1. The highest BCUT2D eigenvalue weighted by Gasteiger charge is 2.15. The Morgan fingerprint density at radius 2 is 2.33 bits per heavy atom. The van der Waals surface area contributed by atoms with Crippen LogP contribution in [-0.4, -0.2) is 25.0 Å². The molecule has 0 bridgehead atoms. The van der Waals surface area contributed by atoms with Gasteiger partial charge in [0.15, 0.2) is 0 Å². The third-order valence-corrected chi connectivity index (χ3v) is 3.95. The van der Waals surface area contributed by atoms with E-state index in [-0.39, 0.29) is 5.91 Å². The first-order valence-corrected chi connectivity index (χ1v) is 7.24. The van der Waals surface area contributed by atoms with Crippen LogP contribution in [0.3, 0.4) is 0 Å². The van der Waals surface area contributed by atoms with Gasteiger partial charge in [0.25, 0.3) is 5.91 Å². The molecule has 4 heteroatoms. The molecule has 0 aromatic heterocycles. The van der Waals surface area contributed by atoms with Crippen molar-refractivity contribution >= 4 is 21.8 Å². The lowest BCUT2D eigenvalue weighted by Crippen LogP contribution is -2.43. The Labute approximate surface area is 116 Å². The van der Waals surface area contributed by atoms with Crippen LogP contribution in [0.5, 0.6) is 0 Å². The Hall–Kier alpha value is -0.870. The van der Waals surface area contributed by atoms with E-state index in [0.29, 0.717) is 18.2 Å². The fourth-order valence-corrected chi connectivity index (χ4v) is 2.89. The number of aryl methyl sites for hydroxylation is 1. The molecule has 1 aromatic rings. The summed E-state index contributed by atoms with van der Waals surface area (Å²) >= 11 is 3.44. The smallest absolute Gasteiger partial charge is 0.252 e. The fourth-order valence-electron chi connectivity index (χ4n) is 2.21. The zero-order valence-electron chi connectivity index (χ0n) is 10.6. The normalized spacial score (nSPS) is 19.6. The minimum absolute atomic E-state index is 0.00533. The van der Waals surface area contributed by atoms with Crippen LogP contribution < -0.4 is 10.6 Å². The maximum atomic E-state index is 12.1. The lowest BCUT2D eigenvalue weighted by Gasteiger charge is -2.23. The maximum absolute atomic E-state index is 12.1. The van der Waals surface area contributed by atoms with Gasteiger partial charge in [0.2, 0.25) is 0 Å². The van der Waals surface area contributed by atoms with Gasteiger partial charge in [-0.15, -0.1) is 0 Å². The second kappa shape index (κ2) is 6.34. The van der Waals surface area contributed by atoms with E-state index in [2.05, 4.69) is 26.6 Å². The molecule has 2 rings (SSSR count). The molecule has 0 spiro atoms. The fraction of sp³-hybridized carbons (Fsp3) is 0.500. The second-order valence-corrected chi connectivity index (χ2v) is 5.69. The molecule has 0 aliphatic carbocycles. The monoisotopic (exact) mass is 310 g/mol. The van der Waals surface area contributed by atoms with Crippen LogP contribution in [0.15, 0.2) is 22.7 Å². The highest BCUT2D eigenvalue weighted by Crippen LogP contribution is 2.18. The van der Waals surface area contributed by atoms with Gasteiger partial charge >= 0.3 is 0 Å². The van der Waals surface area contributed by atoms with Crippen molar-refractivity contribution in [2.75, 3.05) is 13.1 Å². The molecule has 0 saturated carbocycles. The number of hydrogen-bond acceptors (Lipinski definition) is 2. The second-order valence-electron chi connectivity index (χ2n) is 4.84. The molecule has 1 amide bonds. The molecule has 2 N–H and O–H groups in total. The van der Waals surface area contributed by atoms with Gasteiger partial charge in [-0.25, -0.2) is 0 Å². The van der Waals surface area contributed by atoms with Crippen LogP contribution in [0.4, 0.5) is 0 Å². The summed E-state index contributed by atoms with van der Waals surface area (Å²) in [7, 11) is 0. The van der Waals surface area contributed by atoms with Crippen molar-refractivity contribution in [1.29, 1.82) is 0 Å². The molecule has 1 fully saturated rings. The van der Waals surface area contributed by atoms with E-state index >= 15 is 0 Å². The van der Waals surface area contributed by atoms with E-state index in [1.54, 1.807) is 0 Å². The summed E-state index contributed by atoms with van der Waals surface area (Å²) in [4.78, 5) is 12.1. The van der Waals surface area contributed by atoms with Crippen molar-refractivity contribution in [2.24, 2.45) is 0 Å². The molecule has 18 heavy (non-hydrogen) atoms. The van der Waals surface area contributed by atoms with E-state index in [9.17, 15) is 4.79 Å². The van der Waals surface area contributed by atoms with E-state index < -0.39 is 0 Å². The summed E-state index contributed by atoms with van der Waals surface area (Å²) in [6, 6.07) is 6.21. The first-order valence-electron chi connectivity index (χ1n) is 6.44. The average molecular weight is 311 g/mol. The number of benzene rings is 1. The molecular weight excluding hydrogens is 292 g/mol. The van der Waals surface area contributed by atoms with Crippen molar-refractivity contribution in [2.45, 2.75) is 32.2 Å². The topological polar surface area (TPSA) is 41.1 Å². The Bertz CT molecular complexity index is 428. The number of halogens is 1. The molecule has 3 nitrogen and oxygen atoms in total. The Balaban J connectivity index is 1.90. The first-order chi connectivity index (χ1) is 8.66. The van der Waals surface area contributed by atoms with Gasteiger partial charge in [-0.05, 0) is 59.9 Å². The molecule has 0 radical (unpaired) electrons. The first kappa shape index (κ1) is 13.6. The molecule has 1 saturated heterocycles. The van der Waals surface area contributed by atoms with Gasteiger partial charge in [-0.2, -0.15) is 0 Å². The number of hydrogen-bond donors (Lipinski definition) is 2. The summed E-state index contributed by atoms with van der Waals surface area (Å²) in [5.74, 6) is -0.00533. The molecule has 1 heterocycles. The van der Waals surface area contributed by atoms with Crippen molar-refractivity contribution in [3.05, 3.63) is 33.8 Å². The highest BCUT2D eigenvalue weighted by atomic mass is 79.9. The Morgan fingerprint density at radius 1 is 1.50 bits per heavy atom. The molecule has 1 aliphatic heterocycles. The number of rotatable bonds is 3. The SMILES string of the molecule is Cc1ccc(C(=O)NCC2CCCCN2)c(Br)c1. The largest absolute Gasteiger partial charge is 0.350 e. The molecule has 1 unspecified atom stereocenters. The number of carbonyl (C=O) groups is 1. The van der Waals surface area contributed by atoms with Gasteiger partial charge < -0.3 is 10.6 Å². The quantitative estimate of drug-likeness (QED) is 0.901. The van der Waals surface area contributed by atoms with E-state index in [1.165, 1.54) is 12.8 Å². The van der Waals surface area contributed by atoms with Gasteiger partial charge in [-0.1, -0.05) is 12.5 Å². The van der Waals surface area contributed by atoms with E-state index in [1.807, 2.05) is 25.1 Å². The lowest BCUT2D eigenvalue weighted by molar-refractivity contribution is 0.0947. The average Bonchev–Trinajstić information content (AvgIpc) is 2.37. The molecule has 1 atom stereocenters. The predicted octanol–water partition coefficient (Wildman–Crippen LogP) is 2.63. The molecule has 1 aliphatic rings. The molecule has 1 aromatic carbocycles. The van der Waals surface area contributed by atoms with Gasteiger partial charge in [0.1, 0.15) is 0 Å². The van der Waals surface area contributed by atoms with Crippen LogP contribution in [0.25, 0.3) is 0 Å². The van der Waals surface area contributed by atoms with Gasteiger partial charge in [0, 0.05) is 17.1 Å². The zero-order chi connectivity index (χ0) is 13.0. The van der Waals surface area contributed by atoms with Crippen LogP contribution in [0, 0.1) is 6.92 Å². The summed E-state index contributed by atoms with van der Waals surface area (Å²) in [6.45, 7) is 3.78. The van der Waals surface area contributed by atoms with Gasteiger partial charge in [-0.3, -0.25) is 4.79 Å². The standard InChI is InChI=1S/C14H19BrN2O/c1-10-5-6-12(13(15)8-10)14(18)17-9-11-4-2-3-7-16-11/h5-6,8,11,16H,2-4,7,9H2,1H3,(H,17,18). The van der Waals surface area contributed by atoms with Crippen molar-refractivity contribution in [3.63, 3.8) is 0 Å². The third-order valence-electron chi connectivity index (χ3n) is 3.29. The summed E-state index contributed by atoms with van der Waals surface area (Å²) in [6.07, 6.45) is 3.64. The number of carbonyl (C=O) groups excluding carboxylic acids is 1. The van der Waals surface area contributed by atoms with Crippen molar-refractivity contribution in [3.8, 4) is 0 Å². The minimum Gasteiger partial charge on any atom is -0.350 e. The van der Waals surface area contributed by atoms with Crippen molar-refractivity contribution in [1.82, 2.24) is 10.6 Å². The third kappa shape index (κ3) is 3.56. The van der Waals surface area contributed by atoms with Gasteiger partial charge in [0.05, 0.1) is 5.56 Å². The van der Waals surface area contributed by atoms with Crippen LogP contribution in [0.1, 0.15) is 35.2 Å². The molecule has 98 valence electrons. The van der Waals surface area contributed by atoms with E-state index in [0.717, 1.165) is 23.0 Å². The molecular formula is C14H19BrN2O. The van der Waals surface area contributed by atoms with Crippen LogP contribution in [0.2, 0.25) is 0 Å². The van der Waals surface area contributed by atoms with Crippen LogP contribution >= 0.6 is 15.9 Å². The summed E-state index contributed by atoms with van der Waals surface area (Å²) in [5.41, 5.74) is 1.85. The predicted molar refractivity (Wildman–Crippen MR) is 76.9 cm³/mol. The minimum atomic E-state index is -0.00533. The summed E-state index contributed by atoms with van der Waals surface area (Å²) < 4.78 is 0.858. The van der Waals surface area contributed by atoms with Crippen LogP contribution in [-0.2, 0) is 0 Å². The number of nitrogens with one attached hydrogen (secondary N) is 2.